The Bertz CT molecular complexity index is 680. The molecule has 6 heteroatoms. The Morgan fingerprint density at radius 1 is 1.26 bits per heavy atom. The van der Waals surface area contributed by atoms with Crippen molar-refractivity contribution >= 4 is 17.3 Å². The molecule has 94 valence electrons. The zero-order chi connectivity index (χ0) is 13.8. The van der Waals surface area contributed by atoms with Gasteiger partial charge in [-0.15, -0.1) is 0 Å². The van der Waals surface area contributed by atoms with E-state index in [1.807, 2.05) is 6.07 Å². The summed E-state index contributed by atoms with van der Waals surface area (Å²) in [5.74, 6) is 0.451. The molecule has 2 aromatic carbocycles. The monoisotopic (exact) mass is 274 g/mol. The van der Waals surface area contributed by atoms with E-state index in [-0.39, 0.29) is 16.5 Å². The lowest BCUT2D eigenvalue weighted by atomic mass is 10.2. The van der Waals surface area contributed by atoms with Crippen molar-refractivity contribution in [3.8, 4) is 17.6 Å². The summed E-state index contributed by atoms with van der Waals surface area (Å²) in [5.41, 5.74) is 0.180. The summed E-state index contributed by atoms with van der Waals surface area (Å²) in [6.45, 7) is 0. The van der Waals surface area contributed by atoms with Crippen LogP contribution in [-0.4, -0.2) is 4.92 Å². The molecule has 0 aliphatic heterocycles. The van der Waals surface area contributed by atoms with Crippen molar-refractivity contribution < 1.29 is 9.66 Å². The normalized spacial score (nSPS) is 9.68. The van der Waals surface area contributed by atoms with Crippen LogP contribution in [0.5, 0.6) is 11.5 Å². The lowest BCUT2D eigenvalue weighted by Crippen LogP contribution is -1.93. The molecule has 2 rings (SSSR count). The van der Waals surface area contributed by atoms with E-state index in [0.717, 1.165) is 0 Å². The van der Waals surface area contributed by atoms with Crippen molar-refractivity contribution in [2.75, 3.05) is 0 Å². The SMILES string of the molecule is N#Cc1ccc(Oc2ccccc2[N+](=O)[O-])cc1Cl. The number of rotatable bonds is 3. The van der Waals surface area contributed by atoms with Gasteiger partial charge in [0.25, 0.3) is 0 Å². The minimum absolute atomic E-state index is 0.119. The summed E-state index contributed by atoms with van der Waals surface area (Å²) in [6.07, 6.45) is 0. The number of halogens is 1. The van der Waals surface area contributed by atoms with Gasteiger partial charge in [0, 0.05) is 12.1 Å². The summed E-state index contributed by atoms with van der Waals surface area (Å²) < 4.78 is 5.42. The highest BCUT2D eigenvalue weighted by Gasteiger charge is 2.14. The first-order valence-corrected chi connectivity index (χ1v) is 5.60. The maximum atomic E-state index is 10.8. The van der Waals surface area contributed by atoms with Gasteiger partial charge in [-0.05, 0) is 18.2 Å². The molecule has 19 heavy (non-hydrogen) atoms. The highest BCUT2D eigenvalue weighted by molar-refractivity contribution is 6.31. The van der Waals surface area contributed by atoms with E-state index in [4.69, 9.17) is 21.6 Å². The zero-order valence-corrected chi connectivity index (χ0v) is 10.3. The van der Waals surface area contributed by atoms with Crippen molar-refractivity contribution in [2.24, 2.45) is 0 Å². The van der Waals surface area contributed by atoms with Crippen molar-refractivity contribution in [3.05, 3.63) is 63.2 Å². The van der Waals surface area contributed by atoms with Gasteiger partial charge < -0.3 is 4.74 Å². The first kappa shape index (κ1) is 12.9. The Morgan fingerprint density at radius 3 is 2.63 bits per heavy atom. The van der Waals surface area contributed by atoms with Gasteiger partial charge >= 0.3 is 5.69 Å². The van der Waals surface area contributed by atoms with Crippen LogP contribution in [0.15, 0.2) is 42.5 Å². The second kappa shape index (κ2) is 5.38. The van der Waals surface area contributed by atoms with Gasteiger partial charge in [0.2, 0.25) is 5.75 Å². The van der Waals surface area contributed by atoms with Crippen LogP contribution < -0.4 is 4.74 Å². The summed E-state index contributed by atoms with van der Waals surface area (Å²) in [7, 11) is 0. The smallest absolute Gasteiger partial charge is 0.311 e. The van der Waals surface area contributed by atoms with Gasteiger partial charge in [-0.25, -0.2) is 0 Å². The number of hydrogen-bond acceptors (Lipinski definition) is 4. The standard InChI is InChI=1S/C13H7ClN2O3/c14-11-7-10(6-5-9(11)8-15)19-13-4-2-1-3-12(13)16(17)18/h1-7H. The van der Waals surface area contributed by atoms with Crippen LogP contribution in [0.1, 0.15) is 5.56 Å². The average molecular weight is 275 g/mol. The minimum atomic E-state index is -0.527. The predicted molar refractivity (Wildman–Crippen MR) is 69.3 cm³/mol. The topological polar surface area (TPSA) is 76.2 Å². The number of nitro groups is 1. The molecule has 0 aromatic heterocycles. The highest BCUT2D eigenvalue weighted by atomic mass is 35.5. The number of para-hydroxylation sites is 2. The second-order valence-corrected chi connectivity index (χ2v) is 3.99. The lowest BCUT2D eigenvalue weighted by molar-refractivity contribution is -0.385. The summed E-state index contributed by atoms with van der Waals surface area (Å²) in [4.78, 5) is 10.3. The highest BCUT2D eigenvalue weighted by Crippen LogP contribution is 2.32. The largest absolute Gasteiger partial charge is 0.450 e. The quantitative estimate of drug-likeness (QED) is 0.628. The Labute approximate surface area is 113 Å². The molecule has 0 atom stereocenters. The summed E-state index contributed by atoms with van der Waals surface area (Å²) in [6, 6.07) is 12.4. The van der Waals surface area contributed by atoms with Gasteiger partial charge in [-0.1, -0.05) is 23.7 Å². The molecule has 0 radical (unpaired) electrons. The van der Waals surface area contributed by atoms with Crippen LogP contribution in [0.3, 0.4) is 0 Å². The Hall–Kier alpha value is -2.58. The molecule has 2 aromatic rings. The van der Waals surface area contributed by atoms with Crippen molar-refractivity contribution in [1.82, 2.24) is 0 Å². The molecule has 0 aliphatic rings. The van der Waals surface area contributed by atoms with E-state index in [2.05, 4.69) is 0 Å². The maximum absolute atomic E-state index is 10.8. The molecule has 5 nitrogen and oxygen atoms in total. The Morgan fingerprint density at radius 2 is 2.00 bits per heavy atom. The van der Waals surface area contributed by atoms with Crippen LogP contribution in [-0.2, 0) is 0 Å². The molecule has 0 spiro atoms. The lowest BCUT2D eigenvalue weighted by Gasteiger charge is -2.06. The van der Waals surface area contributed by atoms with E-state index in [0.29, 0.717) is 11.3 Å². The molecular formula is C13H7ClN2O3. The van der Waals surface area contributed by atoms with Crippen LogP contribution in [0.4, 0.5) is 5.69 Å². The molecule has 0 aliphatic carbocycles. The first-order valence-electron chi connectivity index (χ1n) is 5.22. The molecule has 0 unspecified atom stereocenters. The Balaban J connectivity index is 2.34. The summed E-state index contributed by atoms with van der Waals surface area (Å²) in [5, 5.41) is 19.8. The average Bonchev–Trinajstić information content (AvgIpc) is 2.39. The number of nitro benzene ring substituents is 1. The zero-order valence-electron chi connectivity index (χ0n) is 9.54. The van der Waals surface area contributed by atoms with Gasteiger partial charge in [-0.2, -0.15) is 5.26 Å². The number of ether oxygens (including phenoxy) is 1. The fraction of sp³-hybridized carbons (Fsp3) is 0. The van der Waals surface area contributed by atoms with E-state index in [1.165, 1.54) is 30.3 Å². The predicted octanol–water partition coefficient (Wildman–Crippen LogP) is 3.91. The molecule has 0 saturated carbocycles. The second-order valence-electron chi connectivity index (χ2n) is 3.58. The number of nitrogens with zero attached hydrogens (tertiary/aromatic N) is 2. The van der Waals surface area contributed by atoms with Crippen molar-refractivity contribution in [1.29, 1.82) is 5.26 Å². The van der Waals surface area contributed by atoms with Crippen LogP contribution >= 0.6 is 11.6 Å². The van der Waals surface area contributed by atoms with Crippen LogP contribution in [0, 0.1) is 21.4 Å². The first-order chi connectivity index (χ1) is 9.11. The molecule has 0 saturated heterocycles. The third-order valence-electron chi connectivity index (χ3n) is 2.35. The number of nitriles is 1. The van der Waals surface area contributed by atoms with Crippen LogP contribution in [0.25, 0.3) is 0 Å². The Kier molecular flexibility index (Phi) is 3.64. The molecule has 0 N–H and O–H groups in total. The van der Waals surface area contributed by atoms with Gasteiger partial charge in [0.1, 0.15) is 11.8 Å². The molecule has 0 heterocycles. The molecular weight excluding hydrogens is 268 g/mol. The van der Waals surface area contributed by atoms with Gasteiger partial charge in [0.05, 0.1) is 15.5 Å². The third-order valence-corrected chi connectivity index (χ3v) is 2.66. The van der Waals surface area contributed by atoms with Gasteiger partial charge in [0.15, 0.2) is 0 Å². The number of hydrogen-bond donors (Lipinski definition) is 0. The molecule has 0 amide bonds. The van der Waals surface area contributed by atoms with Gasteiger partial charge in [-0.3, -0.25) is 10.1 Å². The molecule has 0 bridgehead atoms. The fourth-order valence-corrected chi connectivity index (χ4v) is 1.68. The fourth-order valence-electron chi connectivity index (χ4n) is 1.47. The van der Waals surface area contributed by atoms with Crippen molar-refractivity contribution in [2.45, 2.75) is 0 Å². The third kappa shape index (κ3) is 2.81. The van der Waals surface area contributed by atoms with E-state index >= 15 is 0 Å². The van der Waals surface area contributed by atoms with E-state index in [9.17, 15) is 10.1 Å². The van der Waals surface area contributed by atoms with Crippen molar-refractivity contribution in [3.63, 3.8) is 0 Å². The maximum Gasteiger partial charge on any atom is 0.311 e. The van der Waals surface area contributed by atoms with E-state index < -0.39 is 4.92 Å². The van der Waals surface area contributed by atoms with Crippen LogP contribution in [0.2, 0.25) is 5.02 Å². The summed E-state index contributed by atoms with van der Waals surface area (Å²) >= 11 is 5.86. The molecule has 0 fully saturated rings. The number of benzene rings is 2. The minimum Gasteiger partial charge on any atom is -0.450 e. The van der Waals surface area contributed by atoms with E-state index in [1.54, 1.807) is 12.1 Å².